The Labute approximate surface area is 220 Å². The summed E-state index contributed by atoms with van der Waals surface area (Å²) in [6, 6.07) is 14.8. The molecule has 0 saturated carbocycles. The van der Waals surface area contributed by atoms with Crippen LogP contribution in [0.15, 0.2) is 48.5 Å². The zero-order valence-corrected chi connectivity index (χ0v) is 20.9. The van der Waals surface area contributed by atoms with Gasteiger partial charge >= 0.3 is 12.2 Å². The van der Waals surface area contributed by atoms with Crippen molar-refractivity contribution >= 4 is 12.2 Å². The Hall–Kier alpha value is -4.15. The molecule has 1 aliphatic rings. The lowest BCUT2D eigenvalue weighted by atomic mass is 9.98. The van der Waals surface area contributed by atoms with Gasteiger partial charge in [0.25, 0.3) is 0 Å². The molecule has 11 heteroatoms. The Morgan fingerprint density at radius 1 is 0.821 bits per heavy atom. The highest BCUT2D eigenvalue weighted by atomic mass is 19.2. The highest BCUT2D eigenvalue weighted by molar-refractivity contribution is 5.79. The van der Waals surface area contributed by atoms with Gasteiger partial charge < -0.3 is 19.5 Å². The summed E-state index contributed by atoms with van der Waals surface area (Å²) in [5, 5.41) is 2.60. The predicted octanol–water partition coefficient (Wildman–Crippen LogP) is 6.85. The number of hydrogen-bond donors (Lipinski definition) is 1. The van der Waals surface area contributed by atoms with E-state index in [0.29, 0.717) is 6.42 Å². The summed E-state index contributed by atoms with van der Waals surface area (Å²) < 4.78 is 82.0. The summed E-state index contributed by atoms with van der Waals surface area (Å²) >= 11 is 0. The first kappa shape index (κ1) is 27.9. The number of nitrogens with one attached hydrogen (secondary N) is 1. The van der Waals surface area contributed by atoms with Gasteiger partial charge in [0, 0.05) is 5.92 Å². The molecule has 39 heavy (non-hydrogen) atoms. The van der Waals surface area contributed by atoms with Gasteiger partial charge in [0.2, 0.25) is 34.8 Å². The molecule has 0 bridgehead atoms. The average Bonchev–Trinajstić information content (AvgIpc) is 3.27. The molecular weight excluding hydrogens is 525 g/mol. The Balaban J connectivity index is 1.37. The maximum atomic E-state index is 13.8. The molecule has 0 fully saturated rings. The van der Waals surface area contributed by atoms with E-state index in [4.69, 9.17) is 9.47 Å². The molecule has 0 aliphatic heterocycles. The molecule has 2 atom stereocenters. The fourth-order valence-electron chi connectivity index (χ4n) is 4.37. The third-order valence-corrected chi connectivity index (χ3v) is 6.71. The Morgan fingerprint density at radius 2 is 1.33 bits per heavy atom. The molecule has 0 unspecified atom stereocenters. The molecule has 0 aromatic heterocycles. The van der Waals surface area contributed by atoms with Crippen molar-refractivity contribution in [2.24, 2.45) is 5.92 Å². The van der Waals surface area contributed by atoms with Crippen molar-refractivity contribution in [2.75, 3.05) is 13.2 Å². The van der Waals surface area contributed by atoms with Gasteiger partial charge in [-0.15, -0.1) is 0 Å². The summed E-state index contributed by atoms with van der Waals surface area (Å²) in [6.45, 7) is 3.07. The largest absolute Gasteiger partial charge is 0.514 e. The first-order valence-electron chi connectivity index (χ1n) is 12.1. The Bertz CT molecular complexity index is 1320. The quantitative estimate of drug-likeness (QED) is 0.109. The van der Waals surface area contributed by atoms with Gasteiger partial charge in [0.1, 0.15) is 13.2 Å². The lowest BCUT2D eigenvalue weighted by molar-refractivity contribution is 0.0741. The number of carbonyl (C=O) groups is 2. The molecule has 1 N–H and O–H groups in total. The molecule has 0 radical (unpaired) electrons. The van der Waals surface area contributed by atoms with Crippen LogP contribution in [0, 0.1) is 35.0 Å². The summed E-state index contributed by atoms with van der Waals surface area (Å²) in [7, 11) is 0. The van der Waals surface area contributed by atoms with E-state index in [1.807, 2.05) is 55.5 Å². The third-order valence-electron chi connectivity index (χ3n) is 6.71. The van der Waals surface area contributed by atoms with Gasteiger partial charge in [-0.3, -0.25) is 0 Å². The topological polar surface area (TPSA) is 73.9 Å². The molecule has 0 spiro atoms. The number of amides is 1. The molecule has 0 saturated heterocycles. The maximum absolute atomic E-state index is 13.8. The van der Waals surface area contributed by atoms with E-state index in [1.165, 1.54) is 0 Å². The van der Waals surface area contributed by atoms with Gasteiger partial charge in [-0.25, -0.2) is 22.8 Å². The van der Waals surface area contributed by atoms with Crippen LogP contribution in [-0.2, 0) is 9.47 Å². The Morgan fingerprint density at radius 3 is 1.87 bits per heavy atom. The molecule has 0 heterocycles. The minimum absolute atomic E-state index is 0.0379. The average molecular weight is 549 g/mol. The number of rotatable bonds is 8. The van der Waals surface area contributed by atoms with Gasteiger partial charge in [0.05, 0.1) is 6.04 Å². The first-order valence-corrected chi connectivity index (χ1v) is 12.1. The van der Waals surface area contributed by atoms with E-state index in [-0.39, 0.29) is 18.4 Å². The van der Waals surface area contributed by atoms with Gasteiger partial charge in [-0.1, -0.05) is 68.8 Å². The van der Waals surface area contributed by atoms with Crippen LogP contribution in [0.3, 0.4) is 0 Å². The standard InChI is InChI=1S/C28H24F5NO5/c1-3-14(2)20(13-38-28(36)39-26-24(32)22(30)21(29)23(31)25(26)33)34-27(35)37-12-19-17-10-6-4-8-15(17)16-9-5-7-11-18(16)19/h4-11,14,19-20H,3,12-13H2,1-2H3,(H,34,35)/t14-,20+/m0/s1. The molecule has 4 rings (SSSR count). The monoisotopic (exact) mass is 549 g/mol. The Kier molecular flexibility index (Phi) is 8.37. The highest BCUT2D eigenvalue weighted by Gasteiger charge is 2.31. The fraction of sp³-hybridized carbons (Fsp3) is 0.286. The SMILES string of the molecule is CC[C@H](C)[C@@H](COC(=O)Oc1c(F)c(F)c(F)c(F)c1F)NC(=O)OCC1c2ccccc2-c2ccccc21. The van der Waals surface area contributed by atoms with Crippen LogP contribution in [-0.4, -0.2) is 31.5 Å². The number of ether oxygens (including phenoxy) is 3. The lowest BCUT2D eigenvalue weighted by Gasteiger charge is -2.24. The van der Waals surface area contributed by atoms with Gasteiger partial charge in [-0.05, 0) is 28.2 Å². The molecular formula is C28H24F5NO5. The zero-order valence-electron chi connectivity index (χ0n) is 20.9. The van der Waals surface area contributed by atoms with Crippen LogP contribution >= 0.6 is 0 Å². The normalized spacial score (nSPS) is 13.7. The van der Waals surface area contributed by atoms with Gasteiger partial charge in [-0.2, -0.15) is 8.78 Å². The van der Waals surface area contributed by atoms with E-state index in [0.717, 1.165) is 22.3 Å². The van der Waals surface area contributed by atoms with E-state index >= 15 is 0 Å². The minimum atomic E-state index is -2.39. The molecule has 6 nitrogen and oxygen atoms in total. The number of fused-ring (bicyclic) bond motifs is 3. The summed E-state index contributed by atoms with van der Waals surface area (Å²) in [5.41, 5.74) is 4.15. The van der Waals surface area contributed by atoms with Crippen molar-refractivity contribution in [1.82, 2.24) is 5.32 Å². The molecule has 3 aromatic rings. The van der Waals surface area contributed by atoms with E-state index < -0.39 is 59.7 Å². The van der Waals surface area contributed by atoms with Crippen LogP contribution in [0.25, 0.3) is 11.1 Å². The minimum Gasteiger partial charge on any atom is -0.449 e. The zero-order chi connectivity index (χ0) is 28.3. The van der Waals surface area contributed by atoms with E-state index in [1.54, 1.807) is 6.92 Å². The molecule has 1 aliphatic carbocycles. The summed E-state index contributed by atoms with van der Waals surface area (Å²) in [5.74, 6) is -13.8. The van der Waals surface area contributed by atoms with Crippen molar-refractivity contribution in [3.63, 3.8) is 0 Å². The number of halogens is 5. The number of benzene rings is 3. The predicted molar refractivity (Wildman–Crippen MR) is 130 cm³/mol. The van der Waals surface area contributed by atoms with Crippen LogP contribution in [0.1, 0.15) is 37.3 Å². The molecule has 3 aromatic carbocycles. The summed E-state index contributed by atoms with van der Waals surface area (Å²) in [6.07, 6.45) is -1.98. The van der Waals surface area contributed by atoms with Crippen molar-refractivity contribution in [3.8, 4) is 16.9 Å². The lowest BCUT2D eigenvalue weighted by Crippen LogP contribution is -2.43. The van der Waals surface area contributed by atoms with Crippen LogP contribution in [0.5, 0.6) is 5.75 Å². The van der Waals surface area contributed by atoms with Crippen molar-refractivity contribution in [1.29, 1.82) is 0 Å². The summed E-state index contributed by atoms with van der Waals surface area (Å²) in [4.78, 5) is 24.7. The second-order valence-corrected chi connectivity index (χ2v) is 9.02. The number of carbonyl (C=O) groups excluding carboxylic acids is 2. The second-order valence-electron chi connectivity index (χ2n) is 9.02. The van der Waals surface area contributed by atoms with Crippen molar-refractivity contribution in [2.45, 2.75) is 32.2 Å². The maximum Gasteiger partial charge on any atom is 0.514 e. The highest BCUT2D eigenvalue weighted by Crippen LogP contribution is 2.44. The smallest absolute Gasteiger partial charge is 0.449 e. The number of hydrogen-bond acceptors (Lipinski definition) is 5. The van der Waals surface area contributed by atoms with Crippen LogP contribution < -0.4 is 10.1 Å². The van der Waals surface area contributed by atoms with Crippen molar-refractivity contribution in [3.05, 3.63) is 88.7 Å². The third kappa shape index (κ3) is 5.67. The second kappa shape index (κ2) is 11.7. The number of alkyl carbamates (subject to hydrolysis) is 1. The molecule has 206 valence electrons. The van der Waals surface area contributed by atoms with Crippen LogP contribution in [0.4, 0.5) is 31.5 Å². The van der Waals surface area contributed by atoms with E-state index in [9.17, 15) is 31.5 Å². The van der Waals surface area contributed by atoms with Crippen LogP contribution in [0.2, 0.25) is 0 Å². The first-order chi connectivity index (χ1) is 18.6. The molecule has 1 amide bonds. The van der Waals surface area contributed by atoms with E-state index in [2.05, 4.69) is 10.1 Å². The van der Waals surface area contributed by atoms with Crippen molar-refractivity contribution < 1.29 is 45.8 Å². The fourth-order valence-corrected chi connectivity index (χ4v) is 4.37. The van der Waals surface area contributed by atoms with Gasteiger partial charge in [0.15, 0.2) is 0 Å².